The summed E-state index contributed by atoms with van der Waals surface area (Å²) in [6, 6.07) is 12.3. The van der Waals surface area contributed by atoms with Crippen molar-refractivity contribution in [2.75, 3.05) is 6.54 Å². The maximum absolute atomic E-state index is 4.76. The van der Waals surface area contributed by atoms with Gasteiger partial charge in [0.15, 0.2) is 5.82 Å². The van der Waals surface area contributed by atoms with Crippen LogP contribution in [0.25, 0.3) is 11.4 Å². The van der Waals surface area contributed by atoms with Crippen LogP contribution in [-0.4, -0.2) is 26.4 Å². The molecule has 1 aliphatic rings. The fourth-order valence-electron chi connectivity index (χ4n) is 3.01. The van der Waals surface area contributed by atoms with Gasteiger partial charge in [0, 0.05) is 60.2 Å². The number of aromatic nitrogens is 3. The van der Waals surface area contributed by atoms with E-state index in [9.17, 15) is 0 Å². The third-order valence-electron chi connectivity index (χ3n) is 4.28. The number of hydrogen-bond acceptors (Lipinski definition) is 4. The lowest BCUT2D eigenvalue weighted by Gasteiger charge is -2.28. The molecule has 5 heteroatoms. The van der Waals surface area contributed by atoms with Gasteiger partial charge in [-0.2, -0.15) is 0 Å². The van der Waals surface area contributed by atoms with Gasteiger partial charge < -0.3 is 0 Å². The van der Waals surface area contributed by atoms with E-state index in [-0.39, 0.29) is 0 Å². The smallest absolute Gasteiger partial charge is 0.160 e. The number of fused-ring (bicyclic) bond motifs is 1. The number of benzene rings is 1. The molecule has 120 valence electrons. The molecule has 0 saturated heterocycles. The summed E-state index contributed by atoms with van der Waals surface area (Å²) in [5.74, 6) is 0.765. The fraction of sp³-hybridized carbons (Fsp3) is 0.211. The first kappa shape index (κ1) is 15.4. The van der Waals surface area contributed by atoms with E-state index in [1.807, 2.05) is 30.6 Å². The second kappa shape index (κ2) is 6.79. The van der Waals surface area contributed by atoms with Crippen molar-refractivity contribution < 1.29 is 0 Å². The Morgan fingerprint density at radius 2 is 2.00 bits per heavy atom. The molecule has 0 spiro atoms. The van der Waals surface area contributed by atoms with Crippen molar-refractivity contribution in [3.63, 3.8) is 0 Å². The van der Waals surface area contributed by atoms with Crippen LogP contribution in [0.5, 0.6) is 0 Å². The van der Waals surface area contributed by atoms with Gasteiger partial charge in [0.2, 0.25) is 0 Å². The molecular weight excluding hydrogens is 364 g/mol. The van der Waals surface area contributed by atoms with Gasteiger partial charge in [0.1, 0.15) is 0 Å². The average molecular weight is 381 g/mol. The summed E-state index contributed by atoms with van der Waals surface area (Å²) >= 11 is 3.63. The number of pyridine rings is 1. The van der Waals surface area contributed by atoms with Gasteiger partial charge in [0.25, 0.3) is 0 Å². The molecule has 0 fully saturated rings. The lowest BCUT2D eigenvalue weighted by molar-refractivity contribution is 0.242. The lowest BCUT2D eigenvalue weighted by Crippen LogP contribution is -2.31. The molecule has 24 heavy (non-hydrogen) atoms. The lowest BCUT2D eigenvalue weighted by atomic mass is 10.1. The van der Waals surface area contributed by atoms with Gasteiger partial charge >= 0.3 is 0 Å². The number of hydrogen-bond donors (Lipinski definition) is 0. The molecule has 0 amide bonds. The monoisotopic (exact) mass is 380 g/mol. The van der Waals surface area contributed by atoms with E-state index < -0.39 is 0 Å². The van der Waals surface area contributed by atoms with Gasteiger partial charge in [-0.15, -0.1) is 0 Å². The predicted octanol–water partition coefficient (Wildman–Crippen LogP) is 3.86. The highest BCUT2D eigenvalue weighted by atomic mass is 79.9. The molecule has 0 aliphatic carbocycles. The van der Waals surface area contributed by atoms with E-state index in [2.05, 4.69) is 49.0 Å². The van der Waals surface area contributed by atoms with Crippen molar-refractivity contribution in [2.24, 2.45) is 0 Å². The minimum atomic E-state index is 0.765. The Labute approximate surface area is 149 Å². The molecule has 0 N–H and O–H groups in total. The number of halogens is 1. The second-order valence-corrected chi connectivity index (χ2v) is 6.81. The largest absolute Gasteiger partial charge is 0.294 e. The maximum Gasteiger partial charge on any atom is 0.160 e. The molecule has 2 aromatic heterocycles. The van der Waals surface area contributed by atoms with E-state index >= 15 is 0 Å². The van der Waals surface area contributed by atoms with Crippen LogP contribution < -0.4 is 0 Å². The van der Waals surface area contributed by atoms with Crippen molar-refractivity contribution in [2.45, 2.75) is 19.5 Å². The van der Waals surface area contributed by atoms with Gasteiger partial charge in [-0.3, -0.25) is 9.88 Å². The molecule has 0 radical (unpaired) electrons. The molecule has 0 unspecified atom stereocenters. The SMILES string of the molecule is Brc1ccccc1CN1CCc2nc(-c3cccnc3)ncc2C1. The summed E-state index contributed by atoms with van der Waals surface area (Å²) < 4.78 is 1.17. The molecule has 1 aliphatic heterocycles. The van der Waals surface area contributed by atoms with E-state index in [4.69, 9.17) is 4.98 Å². The Bertz CT molecular complexity index is 851. The van der Waals surface area contributed by atoms with Crippen molar-refractivity contribution >= 4 is 15.9 Å². The van der Waals surface area contributed by atoms with Gasteiger partial charge in [0.05, 0.1) is 5.69 Å². The highest BCUT2D eigenvalue weighted by Gasteiger charge is 2.19. The van der Waals surface area contributed by atoms with Crippen molar-refractivity contribution in [3.8, 4) is 11.4 Å². The second-order valence-electron chi connectivity index (χ2n) is 5.96. The molecular formula is C19H17BrN4. The normalized spacial score (nSPS) is 14.4. The van der Waals surface area contributed by atoms with Gasteiger partial charge in [-0.25, -0.2) is 9.97 Å². The number of nitrogens with zero attached hydrogens (tertiary/aromatic N) is 4. The summed E-state index contributed by atoms with van der Waals surface area (Å²) in [5, 5.41) is 0. The van der Waals surface area contributed by atoms with E-state index in [0.717, 1.165) is 43.1 Å². The van der Waals surface area contributed by atoms with Crippen LogP contribution in [0.15, 0.2) is 59.5 Å². The maximum atomic E-state index is 4.76. The summed E-state index contributed by atoms with van der Waals surface area (Å²) in [6.07, 6.45) is 6.50. The summed E-state index contributed by atoms with van der Waals surface area (Å²) in [4.78, 5) is 15.9. The Hall–Kier alpha value is -2.11. The molecule has 0 atom stereocenters. The zero-order valence-electron chi connectivity index (χ0n) is 13.2. The summed E-state index contributed by atoms with van der Waals surface area (Å²) in [7, 11) is 0. The first-order chi connectivity index (χ1) is 11.8. The third-order valence-corrected chi connectivity index (χ3v) is 5.06. The average Bonchev–Trinajstić information content (AvgIpc) is 2.64. The molecule has 4 nitrogen and oxygen atoms in total. The third kappa shape index (κ3) is 3.23. The van der Waals surface area contributed by atoms with Crippen LogP contribution in [-0.2, 0) is 19.5 Å². The highest BCUT2D eigenvalue weighted by molar-refractivity contribution is 9.10. The van der Waals surface area contributed by atoms with E-state index in [0.29, 0.717) is 0 Å². The molecule has 3 aromatic rings. The first-order valence-electron chi connectivity index (χ1n) is 8.00. The zero-order chi connectivity index (χ0) is 16.4. The molecule has 4 rings (SSSR count). The molecule has 0 saturated carbocycles. The Morgan fingerprint density at radius 3 is 2.83 bits per heavy atom. The Kier molecular flexibility index (Phi) is 4.36. The van der Waals surface area contributed by atoms with Crippen molar-refractivity contribution in [3.05, 3.63) is 76.3 Å². The zero-order valence-corrected chi connectivity index (χ0v) is 14.8. The summed E-state index contributed by atoms with van der Waals surface area (Å²) in [6.45, 7) is 2.84. The van der Waals surface area contributed by atoms with Crippen LogP contribution in [0.2, 0.25) is 0 Å². The van der Waals surface area contributed by atoms with Gasteiger partial charge in [-0.05, 0) is 23.8 Å². The Balaban J connectivity index is 1.53. The minimum absolute atomic E-state index is 0.765. The number of rotatable bonds is 3. The van der Waals surface area contributed by atoms with Crippen LogP contribution in [0.4, 0.5) is 0 Å². The van der Waals surface area contributed by atoms with E-state index in [1.54, 1.807) is 6.20 Å². The van der Waals surface area contributed by atoms with Gasteiger partial charge in [-0.1, -0.05) is 34.1 Å². The van der Waals surface area contributed by atoms with Crippen LogP contribution in [0.1, 0.15) is 16.8 Å². The standard InChI is InChI=1S/C19H17BrN4/c20-17-6-2-1-4-15(17)12-24-9-7-18-16(13-24)11-22-19(23-18)14-5-3-8-21-10-14/h1-6,8,10-11H,7,9,12-13H2. The summed E-state index contributed by atoms with van der Waals surface area (Å²) in [5.41, 5.74) is 4.66. The fourth-order valence-corrected chi connectivity index (χ4v) is 3.42. The topological polar surface area (TPSA) is 41.9 Å². The van der Waals surface area contributed by atoms with Crippen molar-refractivity contribution in [1.82, 2.24) is 19.9 Å². The minimum Gasteiger partial charge on any atom is -0.294 e. The molecule has 1 aromatic carbocycles. The molecule has 3 heterocycles. The van der Waals surface area contributed by atoms with Crippen LogP contribution in [0, 0.1) is 0 Å². The first-order valence-corrected chi connectivity index (χ1v) is 8.80. The molecule has 0 bridgehead atoms. The Morgan fingerprint density at radius 1 is 1.08 bits per heavy atom. The van der Waals surface area contributed by atoms with Crippen LogP contribution in [0.3, 0.4) is 0 Å². The van der Waals surface area contributed by atoms with Crippen LogP contribution >= 0.6 is 15.9 Å². The van der Waals surface area contributed by atoms with E-state index in [1.165, 1.54) is 15.6 Å². The predicted molar refractivity (Wildman–Crippen MR) is 97.2 cm³/mol. The highest BCUT2D eigenvalue weighted by Crippen LogP contribution is 2.24. The van der Waals surface area contributed by atoms with Crippen molar-refractivity contribution in [1.29, 1.82) is 0 Å². The quantitative estimate of drug-likeness (QED) is 0.691.